The number of nitrogens with zero attached hydrogens (tertiary/aromatic N) is 1. The van der Waals surface area contributed by atoms with Gasteiger partial charge in [-0.25, -0.2) is 0 Å². The van der Waals surface area contributed by atoms with Crippen LogP contribution in [0.25, 0.3) is 53.4 Å². The zero-order valence-corrected chi connectivity index (χ0v) is 19.0. The van der Waals surface area contributed by atoms with E-state index in [1.165, 1.54) is 36.7 Å². The van der Waals surface area contributed by atoms with Gasteiger partial charge in [-0.3, -0.25) is 4.98 Å². The lowest BCUT2D eigenvalue weighted by Crippen LogP contribution is -2.11. The molecule has 4 heteroatoms. The van der Waals surface area contributed by atoms with E-state index in [2.05, 4.69) is 68.8 Å². The Balaban J connectivity index is 1.78. The topological polar surface area (TPSA) is 26.0 Å². The Morgan fingerprint density at radius 2 is 1.73 bits per heavy atom. The predicted molar refractivity (Wildman–Crippen MR) is 131 cm³/mol. The minimum absolute atomic E-state index is 0.0582. The smallest absolute Gasteiger partial charge is 0.139 e. The number of aryl methyl sites for hydroxylation is 1. The number of rotatable bonds is 1. The molecule has 0 saturated carbocycles. The molecule has 2 aromatic carbocycles. The van der Waals surface area contributed by atoms with E-state index in [4.69, 9.17) is 9.40 Å². The van der Waals surface area contributed by atoms with Crippen LogP contribution in [0.4, 0.5) is 0 Å². The second-order valence-corrected chi connectivity index (χ2v) is 10.8. The Kier molecular flexibility index (Phi) is 3.72. The summed E-state index contributed by atoms with van der Waals surface area (Å²) in [5.41, 5.74) is 6.71. The number of furan rings is 1. The summed E-state index contributed by atoms with van der Waals surface area (Å²) in [5, 5.41) is 9.29. The SMILES string of the molecule is Cc1csc2ccc3oc4ccnc(-c5cc(C(C)(C)C)c6sccc6c5)c4c3c12. The normalized spacial score (nSPS) is 12.7. The van der Waals surface area contributed by atoms with Crippen LogP contribution in [0.5, 0.6) is 0 Å². The standard InChI is InChI=1S/C26H21NOS2/c1-14-13-30-20-6-5-18-22(21(14)20)23-19(28-18)7-9-27-24(23)16-11-15-8-10-29-25(15)17(12-16)26(2,3)4/h5-13H,1-4H3. The van der Waals surface area contributed by atoms with Crippen molar-refractivity contribution in [2.45, 2.75) is 33.1 Å². The first-order valence-corrected chi connectivity index (χ1v) is 11.9. The Labute approximate surface area is 182 Å². The molecular weight excluding hydrogens is 406 g/mol. The van der Waals surface area contributed by atoms with E-state index in [-0.39, 0.29) is 5.41 Å². The number of hydrogen-bond donors (Lipinski definition) is 0. The summed E-state index contributed by atoms with van der Waals surface area (Å²) < 4.78 is 8.94. The van der Waals surface area contributed by atoms with Crippen LogP contribution in [0.1, 0.15) is 31.9 Å². The van der Waals surface area contributed by atoms with Crippen LogP contribution >= 0.6 is 22.7 Å². The van der Waals surface area contributed by atoms with Gasteiger partial charge in [-0.2, -0.15) is 0 Å². The van der Waals surface area contributed by atoms with Gasteiger partial charge in [0.25, 0.3) is 0 Å². The van der Waals surface area contributed by atoms with Gasteiger partial charge in [0.15, 0.2) is 0 Å². The van der Waals surface area contributed by atoms with Gasteiger partial charge in [0.2, 0.25) is 0 Å². The fraction of sp³-hybridized carbons (Fsp3) is 0.192. The van der Waals surface area contributed by atoms with E-state index >= 15 is 0 Å². The van der Waals surface area contributed by atoms with Gasteiger partial charge < -0.3 is 4.42 Å². The lowest BCUT2D eigenvalue weighted by molar-refractivity contribution is 0.597. The molecule has 0 aliphatic rings. The molecule has 148 valence electrons. The molecular formula is C26H21NOS2. The lowest BCUT2D eigenvalue weighted by Gasteiger charge is -2.21. The molecule has 0 aliphatic carbocycles. The van der Waals surface area contributed by atoms with Gasteiger partial charge >= 0.3 is 0 Å². The Morgan fingerprint density at radius 1 is 0.900 bits per heavy atom. The maximum atomic E-state index is 6.28. The van der Waals surface area contributed by atoms with Gasteiger partial charge in [0.1, 0.15) is 11.2 Å². The fourth-order valence-corrected chi connectivity index (χ4v) is 6.54. The second-order valence-electron chi connectivity index (χ2n) is 8.98. The van der Waals surface area contributed by atoms with Gasteiger partial charge in [-0.05, 0) is 76.0 Å². The maximum Gasteiger partial charge on any atom is 0.139 e. The molecule has 0 fully saturated rings. The highest BCUT2D eigenvalue weighted by molar-refractivity contribution is 7.17. The van der Waals surface area contributed by atoms with Crippen LogP contribution in [0.15, 0.2) is 57.8 Å². The summed E-state index contributed by atoms with van der Waals surface area (Å²) in [7, 11) is 0. The molecule has 30 heavy (non-hydrogen) atoms. The Morgan fingerprint density at radius 3 is 2.57 bits per heavy atom. The zero-order valence-electron chi connectivity index (χ0n) is 17.4. The molecule has 2 nitrogen and oxygen atoms in total. The highest BCUT2D eigenvalue weighted by Gasteiger charge is 2.22. The highest BCUT2D eigenvalue weighted by Crippen LogP contribution is 2.43. The summed E-state index contributed by atoms with van der Waals surface area (Å²) in [4.78, 5) is 4.88. The zero-order chi connectivity index (χ0) is 20.6. The molecule has 4 heterocycles. The van der Waals surface area contributed by atoms with Crippen molar-refractivity contribution in [2.24, 2.45) is 0 Å². The van der Waals surface area contributed by atoms with Gasteiger partial charge in [0, 0.05) is 31.9 Å². The van der Waals surface area contributed by atoms with Crippen molar-refractivity contribution < 1.29 is 4.42 Å². The van der Waals surface area contributed by atoms with E-state index in [0.717, 1.165) is 27.8 Å². The highest BCUT2D eigenvalue weighted by atomic mass is 32.1. The molecule has 0 atom stereocenters. The summed E-state index contributed by atoms with van der Waals surface area (Å²) >= 11 is 3.61. The van der Waals surface area contributed by atoms with Crippen molar-refractivity contribution in [3.63, 3.8) is 0 Å². The number of thiophene rings is 2. The first-order chi connectivity index (χ1) is 14.4. The molecule has 0 bridgehead atoms. The average Bonchev–Trinajstić information content (AvgIpc) is 3.42. The number of benzene rings is 2. The Bertz CT molecular complexity index is 1590. The van der Waals surface area contributed by atoms with E-state index in [1.54, 1.807) is 11.3 Å². The summed E-state index contributed by atoms with van der Waals surface area (Å²) in [6, 6.07) is 13.1. The largest absolute Gasteiger partial charge is 0.456 e. The minimum Gasteiger partial charge on any atom is -0.456 e. The number of aromatic nitrogens is 1. The molecule has 0 aliphatic heterocycles. The molecule has 6 rings (SSSR count). The minimum atomic E-state index is 0.0582. The van der Waals surface area contributed by atoms with Crippen molar-refractivity contribution >= 4 is 64.8 Å². The van der Waals surface area contributed by atoms with Crippen molar-refractivity contribution in [1.82, 2.24) is 4.98 Å². The molecule has 0 saturated heterocycles. The summed E-state index contributed by atoms with van der Waals surface area (Å²) in [6.45, 7) is 9.03. The van der Waals surface area contributed by atoms with Crippen LogP contribution in [-0.4, -0.2) is 4.98 Å². The Hall–Kier alpha value is -2.69. The maximum absolute atomic E-state index is 6.28. The van der Waals surface area contributed by atoms with Crippen LogP contribution < -0.4 is 0 Å². The first-order valence-electron chi connectivity index (χ1n) is 10.1. The third-order valence-electron chi connectivity index (χ3n) is 5.90. The predicted octanol–water partition coefficient (Wildman–Crippen LogP) is 8.68. The van der Waals surface area contributed by atoms with E-state index in [9.17, 15) is 0 Å². The van der Waals surface area contributed by atoms with E-state index < -0.39 is 0 Å². The number of pyridine rings is 1. The second kappa shape index (κ2) is 6.16. The van der Waals surface area contributed by atoms with Crippen LogP contribution in [0.2, 0.25) is 0 Å². The number of hydrogen-bond acceptors (Lipinski definition) is 4. The molecule has 0 N–H and O–H groups in total. The van der Waals surface area contributed by atoms with Crippen molar-refractivity contribution in [3.05, 3.63) is 64.5 Å². The van der Waals surface area contributed by atoms with Crippen molar-refractivity contribution in [1.29, 1.82) is 0 Å². The summed E-state index contributed by atoms with van der Waals surface area (Å²) in [5.74, 6) is 0. The van der Waals surface area contributed by atoms with Crippen LogP contribution in [0, 0.1) is 6.92 Å². The molecule has 0 spiro atoms. The van der Waals surface area contributed by atoms with E-state index in [1.807, 2.05) is 23.6 Å². The third kappa shape index (κ3) is 2.50. The van der Waals surface area contributed by atoms with Crippen LogP contribution in [0.3, 0.4) is 0 Å². The van der Waals surface area contributed by atoms with Crippen molar-refractivity contribution in [3.8, 4) is 11.3 Å². The first kappa shape index (κ1) is 18.1. The van der Waals surface area contributed by atoms with Gasteiger partial charge in [0.05, 0.1) is 11.1 Å². The fourth-order valence-electron chi connectivity index (χ4n) is 4.48. The summed E-state index contributed by atoms with van der Waals surface area (Å²) in [6.07, 6.45) is 1.87. The molecule has 0 unspecified atom stereocenters. The quantitative estimate of drug-likeness (QED) is 0.262. The van der Waals surface area contributed by atoms with Gasteiger partial charge in [-0.15, -0.1) is 22.7 Å². The number of fused-ring (bicyclic) bond motifs is 6. The van der Waals surface area contributed by atoms with Crippen molar-refractivity contribution in [2.75, 3.05) is 0 Å². The average molecular weight is 428 g/mol. The van der Waals surface area contributed by atoms with Gasteiger partial charge in [-0.1, -0.05) is 20.8 Å². The third-order valence-corrected chi connectivity index (χ3v) is 7.93. The van der Waals surface area contributed by atoms with Crippen LogP contribution in [-0.2, 0) is 5.41 Å². The monoisotopic (exact) mass is 427 g/mol. The molecule has 4 aromatic heterocycles. The van der Waals surface area contributed by atoms with E-state index in [0.29, 0.717) is 0 Å². The lowest BCUT2D eigenvalue weighted by atomic mass is 9.84. The molecule has 0 amide bonds. The molecule has 0 radical (unpaired) electrons. The molecule has 6 aromatic rings.